The largest absolute Gasteiger partial charge is 0.323 e. The van der Waals surface area contributed by atoms with Gasteiger partial charge in [-0.25, -0.2) is 14.8 Å². The number of H-pyrrole nitrogens is 1. The second-order valence-electron chi connectivity index (χ2n) is 7.68. The predicted octanol–water partition coefficient (Wildman–Crippen LogP) is 4.15. The summed E-state index contributed by atoms with van der Waals surface area (Å²) in [6.45, 7) is 7.32. The summed E-state index contributed by atoms with van der Waals surface area (Å²) in [5, 5.41) is 18.8. The van der Waals surface area contributed by atoms with Gasteiger partial charge in [-0.2, -0.15) is 5.10 Å². The highest BCUT2D eigenvalue weighted by Crippen LogP contribution is 2.20. The fourth-order valence-electron chi connectivity index (χ4n) is 3.36. The second kappa shape index (κ2) is 9.02. The maximum atomic E-state index is 4.84. The van der Waals surface area contributed by atoms with Gasteiger partial charge in [-0.15, -0.1) is 5.10 Å². The van der Waals surface area contributed by atoms with Crippen LogP contribution in [0.3, 0.4) is 0 Å². The third-order valence-corrected chi connectivity index (χ3v) is 5.45. The van der Waals surface area contributed by atoms with E-state index < -0.39 is 0 Å². The quantitative estimate of drug-likeness (QED) is 0.452. The van der Waals surface area contributed by atoms with E-state index in [2.05, 4.69) is 74.9 Å². The van der Waals surface area contributed by atoms with Crippen molar-refractivity contribution < 1.29 is 0 Å². The minimum atomic E-state index is 0.386. The minimum absolute atomic E-state index is 0.386. The zero-order valence-corrected chi connectivity index (χ0v) is 17.8. The normalized spacial score (nSPS) is 12.4. The molecule has 0 saturated carbocycles. The highest BCUT2D eigenvalue weighted by atomic mass is 15.5. The Morgan fingerprint density at radius 2 is 1.93 bits per heavy atom. The number of nitrogens with one attached hydrogen (secondary N) is 1. The molecule has 1 aromatic carbocycles. The van der Waals surface area contributed by atoms with Crippen LogP contribution in [-0.4, -0.2) is 40.0 Å². The van der Waals surface area contributed by atoms with Crippen molar-refractivity contribution in [3.63, 3.8) is 0 Å². The van der Waals surface area contributed by atoms with E-state index in [0.717, 1.165) is 55.1 Å². The number of aromatic nitrogens is 8. The van der Waals surface area contributed by atoms with Crippen LogP contribution in [0.1, 0.15) is 63.2 Å². The molecule has 0 aliphatic carbocycles. The fraction of sp³-hybridized carbons (Fsp3) is 0.409. The predicted molar refractivity (Wildman–Crippen MR) is 115 cm³/mol. The summed E-state index contributed by atoms with van der Waals surface area (Å²) in [7, 11) is 0. The molecular formula is C22H28N8. The Balaban J connectivity index is 1.51. The standard InChI is InChI=1S/C22H28N8/c1-4-6-7-20-23-21(16(3)5-2)26-30(20)14-17-8-10-19(11-9-17)29-13-12-18(15-29)22-24-27-28-25-22/h8-13,15-16H,4-7,14H2,1-3H3,(H,24,25,27,28). The van der Waals surface area contributed by atoms with Crippen LogP contribution in [-0.2, 0) is 13.0 Å². The lowest BCUT2D eigenvalue weighted by molar-refractivity contribution is 0.602. The Bertz CT molecular complexity index is 1060. The smallest absolute Gasteiger partial charge is 0.180 e. The van der Waals surface area contributed by atoms with Gasteiger partial charge < -0.3 is 4.57 Å². The van der Waals surface area contributed by atoms with Gasteiger partial charge >= 0.3 is 0 Å². The molecule has 0 aliphatic heterocycles. The highest BCUT2D eigenvalue weighted by molar-refractivity contribution is 5.54. The van der Waals surface area contributed by atoms with Gasteiger partial charge in [0, 0.05) is 36.0 Å². The summed E-state index contributed by atoms with van der Waals surface area (Å²) >= 11 is 0. The van der Waals surface area contributed by atoms with Gasteiger partial charge in [-0.3, -0.25) is 0 Å². The Morgan fingerprint density at radius 3 is 2.63 bits per heavy atom. The van der Waals surface area contributed by atoms with Gasteiger partial charge in [-0.05, 0) is 47.0 Å². The van der Waals surface area contributed by atoms with Crippen molar-refractivity contribution in [3.8, 4) is 17.1 Å². The molecule has 0 amide bonds. The Labute approximate surface area is 176 Å². The van der Waals surface area contributed by atoms with Crippen LogP contribution in [0, 0.1) is 0 Å². The Hall–Kier alpha value is -3.29. The van der Waals surface area contributed by atoms with Crippen molar-refractivity contribution in [3.05, 3.63) is 59.9 Å². The second-order valence-corrected chi connectivity index (χ2v) is 7.68. The molecule has 0 bridgehead atoms. The summed E-state index contributed by atoms with van der Waals surface area (Å²) in [5.74, 6) is 3.10. The van der Waals surface area contributed by atoms with Crippen molar-refractivity contribution in [1.29, 1.82) is 0 Å². The summed E-state index contributed by atoms with van der Waals surface area (Å²) in [6.07, 6.45) is 8.33. The molecule has 4 aromatic rings. The number of unbranched alkanes of at least 4 members (excludes halogenated alkanes) is 1. The van der Waals surface area contributed by atoms with Gasteiger partial charge in [0.1, 0.15) is 5.82 Å². The summed E-state index contributed by atoms with van der Waals surface area (Å²) in [5.41, 5.74) is 3.25. The Morgan fingerprint density at radius 1 is 1.10 bits per heavy atom. The van der Waals surface area contributed by atoms with Crippen molar-refractivity contribution >= 4 is 0 Å². The van der Waals surface area contributed by atoms with Gasteiger partial charge in [-0.1, -0.05) is 39.3 Å². The maximum Gasteiger partial charge on any atom is 0.180 e. The van der Waals surface area contributed by atoms with Crippen LogP contribution in [0.2, 0.25) is 0 Å². The molecular weight excluding hydrogens is 376 g/mol. The number of nitrogens with zero attached hydrogens (tertiary/aromatic N) is 7. The SMILES string of the molecule is CCCCc1nc(C(C)CC)nn1Cc1ccc(-n2ccc(-c3nnn[nH]3)c2)cc1. The van der Waals surface area contributed by atoms with Gasteiger partial charge in [0.2, 0.25) is 0 Å². The van der Waals surface area contributed by atoms with E-state index in [4.69, 9.17) is 10.1 Å². The van der Waals surface area contributed by atoms with Crippen LogP contribution in [0.15, 0.2) is 42.7 Å². The van der Waals surface area contributed by atoms with E-state index in [-0.39, 0.29) is 0 Å². The van der Waals surface area contributed by atoms with Crippen molar-refractivity contribution in [2.24, 2.45) is 0 Å². The van der Waals surface area contributed by atoms with Crippen LogP contribution in [0.4, 0.5) is 0 Å². The molecule has 4 rings (SSSR count). The lowest BCUT2D eigenvalue weighted by Gasteiger charge is -2.08. The molecule has 30 heavy (non-hydrogen) atoms. The zero-order chi connectivity index (χ0) is 20.9. The molecule has 1 N–H and O–H groups in total. The van der Waals surface area contributed by atoms with Gasteiger partial charge in [0.25, 0.3) is 0 Å². The molecule has 0 aliphatic rings. The average Bonchev–Trinajstić information content (AvgIpc) is 3.53. The first kappa shape index (κ1) is 20.0. The maximum absolute atomic E-state index is 4.84. The van der Waals surface area contributed by atoms with Crippen LogP contribution >= 0.6 is 0 Å². The third kappa shape index (κ3) is 4.32. The number of hydrogen-bond donors (Lipinski definition) is 1. The van der Waals surface area contributed by atoms with Crippen molar-refractivity contribution in [2.75, 3.05) is 0 Å². The molecule has 0 radical (unpaired) electrons. The first-order valence-corrected chi connectivity index (χ1v) is 10.6. The number of aryl methyl sites for hydroxylation is 1. The number of rotatable bonds is 9. The average molecular weight is 405 g/mol. The monoisotopic (exact) mass is 404 g/mol. The summed E-state index contributed by atoms with van der Waals surface area (Å²) in [4.78, 5) is 4.84. The lowest BCUT2D eigenvalue weighted by atomic mass is 10.1. The van der Waals surface area contributed by atoms with E-state index in [1.807, 2.05) is 18.5 Å². The summed E-state index contributed by atoms with van der Waals surface area (Å²) in [6, 6.07) is 10.5. The highest BCUT2D eigenvalue weighted by Gasteiger charge is 2.14. The minimum Gasteiger partial charge on any atom is -0.323 e. The molecule has 8 heteroatoms. The number of tetrazole rings is 1. The Kier molecular flexibility index (Phi) is 6.02. The third-order valence-electron chi connectivity index (χ3n) is 5.45. The molecule has 0 spiro atoms. The van der Waals surface area contributed by atoms with Crippen molar-refractivity contribution in [2.45, 2.75) is 58.9 Å². The van der Waals surface area contributed by atoms with Crippen LogP contribution in [0.5, 0.6) is 0 Å². The molecule has 0 saturated heterocycles. The zero-order valence-electron chi connectivity index (χ0n) is 17.8. The van der Waals surface area contributed by atoms with Crippen LogP contribution in [0.25, 0.3) is 17.1 Å². The molecule has 156 valence electrons. The summed E-state index contributed by atoms with van der Waals surface area (Å²) < 4.78 is 4.14. The number of benzene rings is 1. The van der Waals surface area contributed by atoms with Crippen LogP contribution < -0.4 is 0 Å². The molecule has 1 unspecified atom stereocenters. The van der Waals surface area contributed by atoms with E-state index in [9.17, 15) is 0 Å². The van der Waals surface area contributed by atoms with E-state index in [1.165, 1.54) is 5.56 Å². The fourth-order valence-corrected chi connectivity index (χ4v) is 3.36. The molecule has 1 atom stereocenters. The van der Waals surface area contributed by atoms with Gasteiger partial charge in [0.05, 0.1) is 6.54 Å². The molecule has 3 heterocycles. The number of aromatic amines is 1. The first-order chi connectivity index (χ1) is 14.7. The lowest BCUT2D eigenvalue weighted by Crippen LogP contribution is -2.07. The van der Waals surface area contributed by atoms with Crippen molar-refractivity contribution in [1.82, 2.24) is 40.0 Å². The number of hydrogen-bond acceptors (Lipinski definition) is 5. The topological polar surface area (TPSA) is 90.1 Å². The van der Waals surface area contributed by atoms with E-state index in [0.29, 0.717) is 11.7 Å². The molecule has 3 aromatic heterocycles. The van der Waals surface area contributed by atoms with E-state index >= 15 is 0 Å². The molecule has 8 nitrogen and oxygen atoms in total. The first-order valence-electron chi connectivity index (χ1n) is 10.6. The van der Waals surface area contributed by atoms with Gasteiger partial charge in [0.15, 0.2) is 11.6 Å². The van der Waals surface area contributed by atoms with E-state index in [1.54, 1.807) is 0 Å². The molecule has 0 fully saturated rings.